The van der Waals surface area contributed by atoms with Crippen LogP contribution >= 0.6 is 0 Å². The summed E-state index contributed by atoms with van der Waals surface area (Å²) in [6.07, 6.45) is 7.14. The second-order valence-corrected chi connectivity index (χ2v) is 27.3. The molecule has 0 bridgehead atoms. The molecule has 0 N–H and O–H groups in total. The van der Waals surface area contributed by atoms with E-state index in [0.717, 1.165) is 22.3 Å². The van der Waals surface area contributed by atoms with Gasteiger partial charge in [-0.3, -0.25) is 0 Å². The van der Waals surface area contributed by atoms with Crippen molar-refractivity contribution in [1.82, 2.24) is 0 Å². The smallest absolute Gasteiger partial charge is 1.00 e. The molecule has 2 unspecified atom stereocenters. The SMILES string of the molecule is FC(F)(F)c1ccc(-c2cccc3c2C=C(C2CCCC2)[CH]3[Zr+2]2([CH]3C(C4CCCC4)=Cc4c(-c5ccc(C(F)(F)F)cc5)cccc43)[CH2]C[CH2]2)cc1.[Cl-].[Cl-]. The van der Waals surface area contributed by atoms with Crippen molar-refractivity contribution < 1.29 is 71.4 Å². The number of benzene rings is 4. The summed E-state index contributed by atoms with van der Waals surface area (Å²) in [5.41, 5.74) is 10.8. The average molecular weight is 859 g/mol. The monoisotopic (exact) mass is 856 g/mol. The van der Waals surface area contributed by atoms with E-state index in [-0.39, 0.29) is 24.8 Å². The second kappa shape index (κ2) is 15.1. The minimum Gasteiger partial charge on any atom is -1.00 e. The number of fused-ring (bicyclic) bond motifs is 2. The van der Waals surface area contributed by atoms with Gasteiger partial charge in [-0.25, -0.2) is 0 Å². The van der Waals surface area contributed by atoms with Crippen molar-refractivity contribution in [3.63, 3.8) is 0 Å². The van der Waals surface area contributed by atoms with Crippen LogP contribution in [0.5, 0.6) is 0 Å². The first-order valence-electron chi connectivity index (χ1n) is 19.1. The summed E-state index contributed by atoms with van der Waals surface area (Å²) in [4.78, 5) is 0. The number of hydrogen-bond donors (Lipinski definition) is 0. The molecule has 4 aromatic carbocycles. The van der Waals surface area contributed by atoms with Gasteiger partial charge in [0.25, 0.3) is 0 Å². The molecule has 0 amide bonds. The van der Waals surface area contributed by atoms with Gasteiger partial charge in [0.2, 0.25) is 0 Å². The predicted molar refractivity (Wildman–Crippen MR) is 193 cm³/mol. The molecular weight excluding hydrogens is 817 g/mol. The summed E-state index contributed by atoms with van der Waals surface area (Å²) in [7, 11) is 0. The molecule has 2 atom stereocenters. The Balaban J connectivity index is 0.00000225. The summed E-state index contributed by atoms with van der Waals surface area (Å²) in [6, 6.07) is 24.4. The van der Waals surface area contributed by atoms with Crippen LogP contribution in [-0.4, -0.2) is 0 Å². The van der Waals surface area contributed by atoms with E-state index in [2.05, 4.69) is 48.6 Å². The molecule has 1 heterocycles. The van der Waals surface area contributed by atoms with Gasteiger partial charge in [0, 0.05) is 0 Å². The molecule has 9 rings (SSSR count). The molecule has 54 heavy (non-hydrogen) atoms. The van der Waals surface area contributed by atoms with Crippen LogP contribution in [0.15, 0.2) is 96.1 Å². The third-order valence-corrected chi connectivity index (χ3v) is 28.5. The fraction of sp³-hybridized carbons (Fsp3) is 0.378. The van der Waals surface area contributed by atoms with Crippen LogP contribution in [0.25, 0.3) is 34.4 Å². The van der Waals surface area contributed by atoms with Crippen molar-refractivity contribution in [2.75, 3.05) is 0 Å². The molecule has 4 aromatic rings. The molecular formula is C45H42Cl2F6Zr. The van der Waals surface area contributed by atoms with Gasteiger partial charge in [-0.1, -0.05) is 0 Å². The van der Waals surface area contributed by atoms with Gasteiger partial charge < -0.3 is 24.8 Å². The second-order valence-electron chi connectivity index (χ2n) is 16.0. The number of rotatable bonds is 6. The van der Waals surface area contributed by atoms with Gasteiger partial charge in [-0.15, -0.1) is 0 Å². The van der Waals surface area contributed by atoms with E-state index >= 15 is 0 Å². The Labute approximate surface area is 330 Å². The average Bonchev–Trinajstić information content (AvgIpc) is 3.94. The molecule has 0 nitrogen and oxygen atoms in total. The molecule has 1 aliphatic heterocycles. The normalized spacial score (nSPS) is 21.5. The maximum Gasteiger partial charge on any atom is -1.00 e. The Bertz CT molecular complexity index is 1920. The topological polar surface area (TPSA) is 0 Å². The first kappa shape index (κ1) is 39.6. The summed E-state index contributed by atoms with van der Waals surface area (Å²) >= 11 is -3.28. The first-order chi connectivity index (χ1) is 25.0. The molecule has 9 heteroatoms. The molecule has 282 valence electrons. The number of halogens is 8. The molecule has 0 spiro atoms. The fourth-order valence-electron chi connectivity index (χ4n) is 10.9. The van der Waals surface area contributed by atoms with Crippen LogP contribution in [0, 0.1) is 11.8 Å². The number of alkyl halides is 6. The van der Waals surface area contributed by atoms with Gasteiger partial charge in [0.1, 0.15) is 0 Å². The van der Waals surface area contributed by atoms with Gasteiger partial charge in [0.15, 0.2) is 0 Å². The van der Waals surface area contributed by atoms with E-state index in [1.807, 2.05) is 0 Å². The van der Waals surface area contributed by atoms with Crippen molar-refractivity contribution in [1.29, 1.82) is 0 Å². The maximum atomic E-state index is 13.5. The predicted octanol–water partition coefficient (Wildman–Crippen LogP) is 8.42. The van der Waals surface area contributed by atoms with E-state index in [1.54, 1.807) is 35.4 Å². The Morgan fingerprint density at radius 1 is 0.463 bits per heavy atom. The van der Waals surface area contributed by atoms with Gasteiger partial charge in [-0.05, 0) is 0 Å². The molecule has 1 saturated heterocycles. The zero-order chi connectivity index (χ0) is 35.8. The van der Waals surface area contributed by atoms with Crippen LogP contribution in [0.3, 0.4) is 0 Å². The molecule has 2 saturated carbocycles. The third kappa shape index (κ3) is 6.70. The van der Waals surface area contributed by atoms with Crippen LogP contribution in [0.2, 0.25) is 8.26 Å². The van der Waals surface area contributed by atoms with Crippen molar-refractivity contribution >= 4 is 12.2 Å². The first-order valence-corrected chi connectivity index (χ1v) is 25.4. The van der Waals surface area contributed by atoms with Crippen molar-refractivity contribution in [2.24, 2.45) is 11.8 Å². The van der Waals surface area contributed by atoms with Gasteiger partial charge in [-0.2, -0.15) is 0 Å². The van der Waals surface area contributed by atoms with E-state index in [4.69, 9.17) is 0 Å². The summed E-state index contributed by atoms with van der Waals surface area (Å²) in [5.74, 6) is 1.07. The largest absolute Gasteiger partial charge is 1.00 e. The van der Waals surface area contributed by atoms with Crippen molar-refractivity contribution in [3.8, 4) is 22.3 Å². The van der Waals surface area contributed by atoms with E-state index in [9.17, 15) is 26.3 Å². The Morgan fingerprint density at radius 3 is 1.15 bits per heavy atom. The van der Waals surface area contributed by atoms with Crippen molar-refractivity contribution in [3.05, 3.63) is 129 Å². The van der Waals surface area contributed by atoms with E-state index in [0.29, 0.717) is 19.1 Å². The summed E-state index contributed by atoms with van der Waals surface area (Å²) < 4.78 is 84.5. The van der Waals surface area contributed by atoms with Gasteiger partial charge >= 0.3 is 308 Å². The van der Waals surface area contributed by atoms with E-state index < -0.39 is 43.7 Å². The molecule has 3 fully saturated rings. The van der Waals surface area contributed by atoms with Crippen LogP contribution in [-0.2, 0) is 32.6 Å². The minimum absolute atomic E-state index is 0. The Hall–Kier alpha value is -2.60. The quantitative estimate of drug-likeness (QED) is 0.171. The van der Waals surface area contributed by atoms with Crippen molar-refractivity contribution in [2.45, 2.75) is 85.6 Å². The maximum absolute atomic E-state index is 13.5. The summed E-state index contributed by atoms with van der Waals surface area (Å²) in [5, 5.41) is 0. The Morgan fingerprint density at radius 2 is 0.833 bits per heavy atom. The number of hydrogen-bond acceptors (Lipinski definition) is 0. The third-order valence-electron chi connectivity index (χ3n) is 13.3. The molecule has 4 aliphatic carbocycles. The molecule has 5 aliphatic rings. The van der Waals surface area contributed by atoms with Gasteiger partial charge in [0.05, 0.1) is 0 Å². The van der Waals surface area contributed by atoms with E-state index in [1.165, 1.54) is 113 Å². The minimum atomic E-state index is -4.38. The fourth-order valence-corrected chi connectivity index (χ4v) is 26.5. The zero-order valence-corrected chi connectivity index (χ0v) is 33.8. The zero-order valence-electron chi connectivity index (χ0n) is 29.8. The van der Waals surface area contributed by atoms with Crippen LogP contribution in [0.1, 0.15) is 98.4 Å². The summed E-state index contributed by atoms with van der Waals surface area (Å²) in [6.45, 7) is 0. The van der Waals surface area contributed by atoms with Crippen LogP contribution in [0.4, 0.5) is 26.3 Å². The molecule has 0 aromatic heterocycles. The van der Waals surface area contributed by atoms with Crippen LogP contribution < -0.4 is 24.8 Å². The Kier molecular flexibility index (Phi) is 11.0. The molecule has 0 radical (unpaired) electrons. The number of allylic oxidation sites excluding steroid dienone is 2. The standard InChI is InChI=1S/2C21H18F3.C3H6.2ClH.Zr/c2*22-21(23,24)18-10-8-15(9-11-18)19-7-3-6-16-12-17(13-20(16)19)14-4-1-2-5-14;1-3-2;;;/h2*3,6-14H,1-2,4-5H2;1-3H2;2*1H;/q;;;;;+2/p-2.